The van der Waals surface area contributed by atoms with Crippen LogP contribution in [0, 0.1) is 18.7 Å². The van der Waals surface area contributed by atoms with Gasteiger partial charge in [-0.05, 0) is 32.0 Å². The van der Waals surface area contributed by atoms with Gasteiger partial charge in [0.25, 0.3) is 0 Å². The van der Waals surface area contributed by atoms with E-state index in [1.807, 2.05) is 44.2 Å². The zero-order valence-corrected chi connectivity index (χ0v) is 23.3. The molecule has 2 amide bonds. The van der Waals surface area contributed by atoms with Crippen LogP contribution in [-0.2, 0) is 9.57 Å². The van der Waals surface area contributed by atoms with E-state index >= 15 is 0 Å². The molecule has 220 valence electrons. The lowest BCUT2D eigenvalue weighted by Gasteiger charge is -2.19. The lowest BCUT2D eigenvalue weighted by molar-refractivity contribution is -0.154. The number of anilines is 1. The molecular formula is C28H30F2N8O4. The molecule has 1 saturated heterocycles. The molecule has 1 fully saturated rings. The van der Waals surface area contributed by atoms with Crippen LogP contribution in [0.2, 0.25) is 0 Å². The van der Waals surface area contributed by atoms with Crippen molar-refractivity contribution in [1.82, 2.24) is 35.1 Å². The van der Waals surface area contributed by atoms with Crippen LogP contribution in [0.5, 0.6) is 6.01 Å². The average Bonchev–Trinajstić information content (AvgIpc) is 3.54. The van der Waals surface area contributed by atoms with Crippen LogP contribution in [0.25, 0.3) is 16.9 Å². The Morgan fingerprint density at radius 3 is 2.60 bits per heavy atom. The molecule has 0 bridgehead atoms. The van der Waals surface area contributed by atoms with Crippen molar-refractivity contribution in [3.8, 4) is 23.0 Å². The normalized spacial score (nSPS) is 16.9. The fourth-order valence-electron chi connectivity index (χ4n) is 4.56. The van der Waals surface area contributed by atoms with Gasteiger partial charge in [0, 0.05) is 55.5 Å². The van der Waals surface area contributed by atoms with E-state index in [1.165, 1.54) is 6.20 Å². The van der Waals surface area contributed by atoms with Gasteiger partial charge in [-0.15, -0.1) is 0 Å². The average molecular weight is 581 g/mol. The number of pyridine rings is 1. The lowest BCUT2D eigenvalue weighted by Crippen LogP contribution is -2.42. The molecule has 0 unspecified atom stereocenters. The van der Waals surface area contributed by atoms with Gasteiger partial charge >= 0.3 is 12.0 Å². The van der Waals surface area contributed by atoms with E-state index in [0.717, 1.165) is 11.8 Å². The summed E-state index contributed by atoms with van der Waals surface area (Å²) in [5.41, 5.74) is 2.88. The highest BCUT2D eigenvalue weighted by molar-refractivity contribution is 5.91. The summed E-state index contributed by atoms with van der Waals surface area (Å²) in [6, 6.07) is 9.42. The predicted octanol–water partition coefficient (Wildman–Crippen LogP) is 3.83. The Morgan fingerprint density at radius 1 is 1.14 bits per heavy atom. The number of para-hydroxylation sites is 1. The monoisotopic (exact) mass is 580 g/mol. The fourth-order valence-corrected chi connectivity index (χ4v) is 4.56. The first-order valence-electron chi connectivity index (χ1n) is 13.3. The third-order valence-corrected chi connectivity index (χ3v) is 6.57. The molecule has 14 heteroatoms. The van der Waals surface area contributed by atoms with Gasteiger partial charge in [0.1, 0.15) is 17.6 Å². The minimum Gasteiger partial charge on any atom is -0.464 e. The molecule has 3 aromatic heterocycles. The number of aromatic nitrogens is 5. The number of hydrogen-bond acceptors (Lipinski definition) is 9. The highest BCUT2D eigenvalue weighted by atomic mass is 19.2. The smallest absolute Gasteiger partial charge is 0.320 e. The highest BCUT2D eigenvalue weighted by Crippen LogP contribution is 2.32. The molecule has 5 rings (SSSR count). The Bertz CT molecular complexity index is 1520. The van der Waals surface area contributed by atoms with Crippen LogP contribution in [0.3, 0.4) is 0 Å². The van der Waals surface area contributed by atoms with E-state index in [2.05, 4.69) is 25.6 Å². The predicted molar refractivity (Wildman–Crippen MR) is 148 cm³/mol. The summed E-state index contributed by atoms with van der Waals surface area (Å²) in [7, 11) is 1.56. The van der Waals surface area contributed by atoms with Crippen molar-refractivity contribution >= 4 is 11.8 Å². The molecule has 0 spiro atoms. The Kier molecular flexibility index (Phi) is 8.95. The molecule has 1 aromatic carbocycles. The highest BCUT2D eigenvalue weighted by Gasteiger charge is 2.37. The van der Waals surface area contributed by atoms with Gasteiger partial charge in [0.05, 0.1) is 24.9 Å². The van der Waals surface area contributed by atoms with Gasteiger partial charge in [-0.2, -0.15) is 14.6 Å². The standard InChI is InChI=1S/C28H30F2N8O4/c1-4-41-28-32-14-19(15-33-28)23-17(2)26(38(36-23)20-8-6-5-7-9-20)35-27(39)34-22-16-37(10-11-40-3)42-24(22)18-12-21(29)25(30)31-13-18/h5-9,12-15,22,24H,4,10-11,16H2,1-3H3,(H2,34,35,39)/t22-,24+/m1/s1. The van der Waals surface area contributed by atoms with E-state index < -0.39 is 29.9 Å². The number of halogens is 2. The van der Waals surface area contributed by atoms with Crippen LogP contribution in [0.4, 0.5) is 19.4 Å². The summed E-state index contributed by atoms with van der Waals surface area (Å²) >= 11 is 0. The second-order valence-electron chi connectivity index (χ2n) is 9.41. The van der Waals surface area contributed by atoms with Crippen molar-refractivity contribution in [2.24, 2.45) is 0 Å². The quantitative estimate of drug-likeness (QED) is 0.269. The fraction of sp³-hybridized carbons (Fsp3) is 0.321. The second-order valence-corrected chi connectivity index (χ2v) is 9.41. The number of carbonyl (C=O) groups excluding carboxylic acids is 1. The first kappa shape index (κ1) is 29.0. The van der Waals surface area contributed by atoms with Gasteiger partial charge in [-0.3, -0.25) is 10.2 Å². The van der Waals surface area contributed by atoms with E-state index in [4.69, 9.17) is 19.4 Å². The number of hydroxylamine groups is 2. The van der Waals surface area contributed by atoms with Crippen molar-refractivity contribution in [2.45, 2.75) is 26.0 Å². The number of benzene rings is 1. The molecule has 4 aromatic rings. The number of amides is 2. The SMILES string of the molecule is CCOc1ncc(-c2nn(-c3ccccc3)c(NC(=O)N[C@@H]3CN(CCOC)O[C@H]3c3cnc(F)c(F)c3)c2C)cn1. The van der Waals surface area contributed by atoms with Crippen molar-refractivity contribution in [3.05, 3.63) is 77.9 Å². The van der Waals surface area contributed by atoms with Crippen molar-refractivity contribution in [2.75, 3.05) is 38.7 Å². The Hall–Kier alpha value is -4.53. The zero-order valence-electron chi connectivity index (χ0n) is 23.3. The molecule has 4 heterocycles. The van der Waals surface area contributed by atoms with Crippen LogP contribution in [-0.4, -0.2) is 75.3 Å². The number of carbonyl (C=O) groups is 1. The largest absolute Gasteiger partial charge is 0.464 e. The van der Waals surface area contributed by atoms with Gasteiger partial charge in [0.2, 0.25) is 5.95 Å². The molecule has 0 radical (unpaired) electrons. The van der Waals surface area contributed by atoms with E-state index in [0.29, 0.717) is 42.4 Å². The second kappa shape index (κ2) is 13.0. The molecule has 2 atom stereocenters. The molecule has 2 N–H and O–H groups in total. The Balaban J connectivity index is 1.42. The van der Waals surface area contributed by atoms with E-state index in [1.54, 1.807) is 29.2 Å². The molecular weight excluding hydrogens is 550 g/mol. The minimum atomic E-state index is -1.21. The van der Waals surface area contributed by atoms with Crippen molar-refractivity contribution in [1.29, 1.82) is 0 Å². The van der Waals surface area contributed by atoms with Gasteiger partial charge < -0.3 is 14.8 Å². The van der Waals surface area contributed by atoms with Gasteiger partial charge in [-0.25, -0.2) is 28.8 Å². The number of rotatable bonds is 10. The van der Waals surface area contributed by atoms with Gasteiger partial charge in [0.15, 0.2) is 5.82 Å². The van der Waals surface area contributed by atoms with Crippen LogP contribution < -0.4 is 15.4 Å². The Morgan fingerprint density at radius 2 is 1.90 bits per heavy atom. The Labute approximate surface area is 240 Å². The lowest BCUT2D eigenvalue weighted by atomic mass is 10.0. The number of ether oxygens (including phenoxy) is 2. The van der Waals surface area contributed by atoms with Crippen LogP contribution >= 0.6 is 0 Å². The summed E-state index contributed by atoms with van der Waals surface area (Å²) < 4.78 is 39.6. The summed E-state index contributed by atoms with van der Waals surface area (Å²) in [4.78, 5) is 31.3. The third-order valence-electron chi connectivity index (χ3n) is 6.57. The summed E-state index contributed by atoms with van der Waals surface area (Å²) in [6.07, 6.45) is 3.59. The topological polar surface area (TPSA) is 129 Å². The minimum absolute atomic E-state index is 0.253. The molecule has 42 heavy (non-hydrogen) atoms. The zero-order chi connectivity index (χ0) is 29.6. The van der Waals surface area contributed by atoms with E-state index in [9.17, 15) is 13.6 Å². The maximum Gasteiger partial charge on any atom is 0.320 e. The number of nitrogens with zero attached hydrogens (tertiary/aromatic N) is 6. The molecule has 1 aliphatic heterocycles. The number of urea groups is 1. The molecule has 0 saturated carbocycles. The third kappa shape index (κ3) is 6.35. The maximum atomic E-state index is 14.0. The number of methoxy groups -OCH3 is 1. The molecule has 1 aliphatic rings. The van der Waals surface area contributed by atoms with Crippen LogP contribution in [0.1, 0.15) is 24.2 Å². The first-order chi connectivity index (χ1) is 20.4. The summed E-state index contributed by atoms with van der Waals surface area (Å²) in [5.74, 6) is -1.90. The number of hydrogen-bond donors (Lipinski definition) is 2. The van der Waals surface area contributed by atoms with Crippen LogP contribution in [0.15, 0.2) is 55.0 Å². The van der Waals surface area contributed by atoms with Crippen molar-refractivity contribution in [3.63, 3.8) is 0 Å². The molecule has 0 aliphatic carbocycles. The summed E-state index contributed by atoms with van der Waals surface area (Å²) in [6.45, 7) is 5.15. The maximum absolute atomic E-state index is 14.0. The van der Waals surface area contributed by atoms with Crippen molar-refractivity contribution < 1.29 is 27.9 Å². The number of nitrogens with one attached hydrogen (secondary N) is 2. The van der Waals surface area contributed by atoms with E-state index in [-0.39, 0.29) is 18.1 Å². The first-order valence-corrected chi connectivity index (χ1v) is 13.3. The summed E-state index contributed by atoms with van der Waals surface area (Å²) in [5, 5.41) is 12.2. The van der Waals surface area contributed by atoms with Gasteiger partial charge in [-0.1, -0.05) is 18.2 Å². The molecule has 12 nitrogen and oxygen atoms in total.